The quantitative estimate of drug-likeness (QED) is 0.910. The summed E-state index contributed by atoms with van der Waals surface area (Å²) in [6.07, 6.45) is 9.00. The largest absolute Gasteiger partial charge is 0.343 e. The lowest BCUT2D eigenvalue weighted by Gasteiger charge is -2.24. The van der Waals surface area contributed by atoms with Gasteiger partial charge in [0.1, 0.15) is 0 Å². The van der Waals surface area contributed by atoms with E-state index in [-0.39, 0.29) is 0 Å². The highest BCUT2D eigenvalue weighted by Gasteiger charge is 2.20. The molecule has 0 aliphatic carbocycles. The molecule has 102 valence electrons. The molecule has 3 nitrogen and oxygen atoms in total. The molecule has 19 heavy (non-hydrogen) atoms. The Labute approximate surface area is 115 Å². The summed E-state index contributed by atoms with van der Waals surface area (Å²) in [5.74, 6) is 0.665. The minimum Gasteiger partial charge on any atom is -0.343 e. The minimum atomic E-state index is 0.665. The Hall–Kier alpha value is -1.35. The van der Waals surface area contributed by atoms with Gasteiger partial charge in [0.15, 0.2) is 0 Å². The number of hydrogen-bond donors (Lipinski definition) is 1. The molecule has 0 saturated carbocycles. The number of nitrogens with one attached hydrogen (secondary N) is 1. The van der Waals surface area contributed by atoms with Crippen molar-refractivity contribution in [1.82, 2.24) is 14.9 Å². The lowest BCUT2D eigenvalue weighted by Crippen LogP contribution is -2.29. The van der Waals surface area contributed by atoms with Crippen LogP contribution in [0.2, 0.25) is 0 Å². The fourth-order valence-corrected chi connectivity index (χ4v) is 3.13. The predicted octanol–water partition coefficient (Wildman–Crippen LogP) is 3.30. The number of fused-ring (bicyclic) bond motifs is 1. The van der Waals surface area contributed by atoms with Gasteiger partial charge in [0.2, 0.25) is 0 Å². The van der Waals surface area contributed by atoms with E-state index in [2.05, 4.69) is 33.9 Å². The van der Waals surface area contributed by atoms with Gasteiger partial charge in [-0.25, -0.2) is 0 Å². The number of rotatable bonds is 4. The average Bonchev–Trinajstić information content (AvgIpc) is 2.85. The maximum Gasteiger partial charge on any atom is 0.0669 e. The van der Waals surface area contributed by atoms with E-state index in [1.54, 1.807) is 0 Å². The second kappa shape index (κ2) is 5.74. The SMILES string of the molecule is CCCCn1c(C2CCCNC2)cc2ccncc21. The van der Waals surface area contributed by atoms with Crippen LogP contribution in [0.1, 0.15) is 44.2 Å². The zero-order valence-electron chi connectivity index (χ0n) is 11.7. The maximum absolute atomic E-state index is 4.30. The second-order valence-electron chi connectivity index (χ2n) is 5.55. The van der Waals surface area contributed by atoms with Gasteiger partial charge >= 0.3 is 0 Å². The van der Waals surface area contributed by atoms with Gasteiger partial charge in [-0.15, -0.1) is 0 Å². The highest BCUT2D eigenvalue weighted by molar-refractivity contribution is 5.80. The van der Waals surface area contributed by atoms with Gasteiger partial charge in [-0.3, -0.25) is 4.98 Å². The summed E-state index contributed by atoms with van der Waals surface area (Å²) in [5.41, 5.74) is 2.81. The molecule has 3 heteroatoms. The standard InChI is InChI=1S/C16H23N3/c1-2-3-9-19-15(14-5-4-7-17-11-14)10-13-6-8-18-12-16(13)19/h6,8,10,12,14,17H,2-5,7,9,11H2,1H3. The number of aromatic nitrogens is 2. The molecule has 1 fully saturated rings. The van der Waals surface area contributed by atoms with Crippen molar-refractivity contribution >= 4 is 10.9 Å². The molecule has 0 radical (unpaired) electrons. The predicted molar refractivity (Wildman–Crippen MR) is 79.5 cm³/mol. The van der Waals surface area contributed by atoms with Gasteiger partial charge in [0.25, 0.3) is 0 Å². The summed E-state index contributed by atoms with van der Waals surface area (Å²) >= 11 is 0. The van der Waals surface area contributed by atoms with Crippen molar-refractivity contribution in [1.29, 1.82) is 0 Å². The number of hydrogen-bond acceptors (Lipinski definition) is 2. The van der Waals surface area contributed by atoms with E-state index in [1.807, 2.05) is 12.4 Å². The highest BCUT2D eigenvalue weighted by Crippen LogP contribution is 2.29. The molecule has 0 spiro atoms. The van der Waals surface area contributed by atoms with E-state index < -0.39 is 0 Å². The third-order valence-corrected chi connectivity index (χ3v) is 4.19. The fourth-order valence-electron chi connectivity index (χ4n) is 3.13. The zero-order valence-corrected chi connectivity index (χ0v) is 11.7. The highest BCUT2D eigenvalue weighted by atomic mass is 15.0. The Kier molecular flexibility index (Phi) is 3.83. The van der Waals surface area contributed by atoms with Crippen LogP contribution < -0.4 is 5.32 Å². The molecule has 1 saturated heterocycles. The van der Waals surface area contributed by atoms with Gasteiger partial charge in [0.05, 0.1) is 11.7 Å². The van der Waals surface area contributed by atoms with E-state index in [1.165, 1.54) is 48.8 Å². The topological polar surface area (TPSA) is 29.9 Å². The smallest absolute Gasteiger partial charge is 0.0669 e. The summed E-state index contributed by atoms with van der Waals surface area (Å²) in [4.78, 5) is 4.30. The van der Waals surface area contributed by atoms with Crippen molar-refractivity contribution in [3.05, 3.63) is 30.2 Å². The number of piperidine rings is 1. The van der Waals surface area contributed by atoms with E-state index in [4.69, 9.17) is 0 Å². The number of unbranched alkanes of at least 4 members (excludes halogenated alkanes) is 1. The Morgan fingerprint density at radius 3 is 3.21 bits per heavy atom. The van der Waals surface area contributed by atoms with E-state index in [0.29, 0.717) is 5.92 Å². The van der Waals surface area contributed by atoms with Crippen LogP contribution in [0.5, 0.6) is 0 Å². The lowest BCUT2D eigenvalue weighted by molar-refractivity contribution is 0.440. The molecule has 1 aliphatic heterocycles. The normalized spacial score (nSPS) is 19.9. The summed E-state index contributed by atoms with van der Waals surface area (Å²) in [6, 6.07) is 4.52. The van der Waals surface area contributed by atoms with Crippen LogP contribution in [0.3, 0.4) is 0 Å². The summed E-state index contributed by atoms with van der Waals surface area (Å²) in [6.45, 7) is 5.67. The van der Waals surface area contributed by atoms with Crippen LogP contribution in [-0.4, -0.2) is 22.6 Å². The first-order chi connectivity index (χ1) is 9.40. The van der Waals surface area contributed by atoms with Crippen molar-refractivity contribution in [2.75, 3.05) is 13.1 Å². The molecule has 1 aliphatic rings. The van der Waals surface area contributed by atoms with Crippen LogP contribution in [0, 0.1) is 0 Å². The van der Waals surface area contributed by atoms with Crippen LogP contribution in [0.4, 0.5) is 0 Å². The number of aryl methyl sites for hydroxylation is 1. The zero-order chi connectivity index (χ0) is 13.1. The monoisotopic (exact) mass is 257 g/mol. The minimum absolute atomic E-state index is 0.665. The van der Waals surface area contributed by atoms with E-state index >= 15 is 0 Å². The van der Waals surface area contributed by atoms with Gasteiger partial charge in [-0.05, 0) is 37.9 Å². The van der Waals surface area contributed by atoms with Crippen LogP contribution in [0.25, 0.3) is 10.9 Å². The molecule has 0 amide bonds. The molecular weight excluding hydrogens is 234 g/mol. The molecule has 1 unspecified atom stereocenters. The van der Waals surface area contributed by atoms with Crippen LogP contribution in [0.15, 0.2) is 24.5 Å². The third kappa shape index (κ3) is 2.52. The van der Waals surface area contributed by atoms with Gasteiger partial charge in [0, 0.05) is 36.3 Å². The van der Waals surface area contributed by atoms with Crippen molar-refractivity contribution in [3.8, 4) is 0 Å². The molecular formula is C16H23N3. The average molecular weight is 257 g/mol. The van der Waals surface area contributed by atoms with Gasteiger partial charge in [-0.2, -0.15) is 0 Å². The molecule has 1 atom stereocenters. The van der Waals surface area contributed by atoms with Crippen LogP contribution in [-0.2, 0) is 6.54 Å². The van der Waals surface area contributed by atoms with Gasteiger partial charge < -0.3 is 9.88 Å². The fraction of sp³-hybridized carbons (Fsp3) is 0.562. The third-order valence-electron chi connectivity index (χ3n) is 4.19. The first-order valence-corrected chi connectivity index (χ1v) is 7.54. The van der Waals surface area contributed by atoms with E-state index in [9.17, 15) is 0 Å². The van der Waals surface area contributed by atoms with Gasteiger partial charge in [-0.1, -0.05) is 13.3 Å². The molecule has 0 aromatic carbocycles. The van der Waals surface area contributed by atoms with Crippen molar-refractivity contribution in [2.45, 2.75) is 45.1 Å². The van der Waals surface area contributed by atoms with Crippen molar-refractivity contribution in [2.24, 2.45) is 0 Å². The molecule has 2 aromatic rings. The molecule has 1 N–H and O–H groups in total. The Morgan fingerprint density at radius 1 is 1.47 bits per heavy atom. The van der Waals surface area contributed by atoms with E-state index in [0.717, 1.165) is 13.1 Å². The molecule has 2 aromatic heterocycles. The summed E-state index contributed by atoms with van der Waals surface area (Å²) < 4.78 is 2.50. The summed E-state index contributed by atoms with van der Waals surface area (Å²) in [7, 11) is 0. The first-order valence-electron chi connectivity index (χ1n) is 7.54. The maximum atomic E-state index is 4.30. The summed E-state index contributed by atoms with van der Waals surface area (Å²) in [5, 5.41) is 4.87. The second-order valence-corrected chi connectivity index (χ2v) is 5.55. The van der Waals surface area contributed by atoms with Crippen molar-refractivity contribution in [3.63, 3.8) is 0 Å². The van der Waals surface area contributed by atoms with Crippen molar-refractivity contribution < 1.29 is 0 Å². The lowest BCUT2D eigenvalue weighted by atomic mass is 9.96. The van der Waals surface area contributed by atoms with Crippen LogP contribution >= 0.6 is 0 Å². The molecule has 3 heterocycles. The molecule has 3 rings (SSSR count). The number of nitrogens with zero attached hydrogens (tertiary/aromatic N) is 2. The number of pyridine rings is 1. The Bertz CT molecular complexity index is 538. The Balaban J connectivity index is 2.00. The first kappa shape index (κ1) is 12.7. The Morgan fingerprint density at radius 2 is 2.42 bits per heavy atom. The molecule has 0 bridgehead atoms.